The average molecular weight is 312 g/mol. The maximum atomic E-state index is 13.5. The summed E-state index contributed by atoms with van der Waals surface area (Å²) in [6.45, 7) is 0. The Kier molecular flexibility index (Phi) is 3.38. The van der Waals surface area contributed by atoms with Gasteiger partial charge < -0.3 is 15.6 Å². The van der Waals surface area contributed by atoms with Crippen molar-refractivity contribution in [2.75, 3.05) is 11.1 Å². The number of anilines is 2. The van der Waals surface area contributed by atoms with Gasteiger partial charge in [0.25, 0.3) is 5.91 Å². The second kappa shape index (κ2) is 4.81. The van der Waals surface area contributed by atoms with Gasteiger partial charge in [-0.05, 0) is 24.3 Å². The number of rotatable bonds is 2. The number of hydrogen-bond donors (Lipinski definition) is 2. The zero-order valence-corrected chi connectivity index (χ0v) is 11.2. The highest BCUT2D eigenvalue weighted by molar-refractivity contribution is 9.10. The minimum Gasteiger partial charge on any atom is -0.397 e. The predicted molar refractivity (Wildman–Crippen MR) is 71.9 cm³/mol. The van der Waals surface area contributed by atoms with Crippen molar-refractivity contribution in [1.82, 2.24) is 4.57 Å². The Morgan fingerprint density at radius 3 is 2.78 bits per heavy atom. The third kappa shape index (κ3) is 2.53. The van der Waals surface area contributed by atoms with E-state index in [2.05, 4.69) is 21.2 Å². The monoisotopic (exact) mass is 311 g/mol. The minimum absolute atomic E-state index is 0.120. The number of hydrogen-bond acceptors (Lipinski definition) is 2. The van der Waals surface area contributed by atoms with Crippen LogP contribution in [-0.4, -0.2) is 10.5 Å². The molecule has 0 radical (unpaired) electrons. The van der Waals surface area contributed by atoms with Crippen LogP contribution in [-0.2, 0) is 7.05 Å². The summed E-state index contributed by atoms with van der Waals surface area (Å²) >= 11 is 3.22. The number of aryl methyl sites for hydroxylation is 1. The number of carbonyl (C=O) groups excluding carboxylic acids is 1. The summed E-state index contributed by atoms with van der Waals surface area (Å²) in [6, 6.07) is 5.87. The van der Waals surface area contributed by atoms with Crippen LogP contribution in [0.25, 0.3) is 0 Å². The maximum absolute atomic E-state index is 13.5. The van der Waals surface area contributed by atoms with Gasteiger partial charge in [-0.3, -0.25) is 4.79 Å². The van der Waals surface area contributed by atoms with Crippen LogP contribution in [0.2, 0.25) is 0 Å². The third-order valence-corrected chi connectivity index (χ3v) is 2.93. The van der Waals surface area contributed by atoms with Crippen molar-refractivity contribution in [2.45, 2.75) is 0 Å². The summed E-state index contributed by atoms with van der Waals surface area (Å²) in [5.74, 6) is -0.903. The highest BCUT2D eigenvalue weighted by Crippen LogP contribution is 2.21. The van der Waals surface area contributed by atoms with Gasteiger partial charge >= 0.3 is 0 Å². The Hall–Kier alpha value is -1.82. The van der Waals surface area contributed by atoms with Crippen molar-refractivity contribution >= 4 is 33.2 Å². The third-order valence-electron chi connectivity index (χ3n) is 2.44. The van der Waals surface area contributed by atoms with E-state index in [1.807, 2.05) is 0 Å². The number of nitrogens with two attached hydrogens (primary N) is 1. The second-order valence-electron chi connectivity index (χ2n) is 3.85. The van der Waals surface area contributed by atoms with Gasteiger partial charge in [-0.1, -0.05) is 15.9 Å². The van der Waals surface area contributed by atoms with Crippen LogP contribution in [0.5, 0.6) is 0 Å². The number of nitrogens with zero attached hydrogens (tertiary/aromatic N) is 1. The van der Waals surface area contributed by atoms with Crippen molar-refractivity contribution in [3.05, 3.63) is 46.4 Å². The molecule has 0 bridgehead atoms. The molecule has 3 N–H and O–H groups in total. The Labute approximate surface area is 112 Å². The fraction of sp³-hybridized carbons (Fsp3) is 0.0833. The summed E-state index contributed by atoms with van der Waals surface area (Å²) < 4.78 is 15.8. The molecular formula is C12H11BrFN3O. The van der Waals surface area contributed by atoms with Crippen LogP contribution >= 0.6 is 15.9 Å². The van der Waals surface area contributed by atoms with Crippen molar-refractivity contribution < 1.29 is 9.18 Å². The zero-order chi connectivity index (χ0) is 13.3. The molecule has 0 unspecified atom stereocenters. The van der Waals surface area contributed by atoms with Gasteiger partial charge in [0.15, 0.2) is 0 Å². The highest BCUT2D eigenvalue weighted by Gasteiger charge is 2.13. The molecule has 1 aromatic carbocycles. The standard InChI is InChI=1S/C12H11BrFN3O/c1-17-6-8(15)5-11(17)12(18)16-10-4-7(13)2-3-9(10)14/h2-6H,15H2,1H3,(H,16,18). The number of nitrogens with one attached hydrogen (secondary N) is 1. The number of benzene rings is 1. The van der Waals surface area contributed by atoms with E-state index in [0.717, 1.165) is 0 Å². The Balaban J connectivity index is 2.26. The van der Waals surface area contributed by atoms with Crippen molar-refractivity contribution in [3.8, 4) is 0 Å². The number of aromatic nitrogens is 1. The first-order chi connectivity index (χ1) is 8.47. The first kappa shape index (κ1) is 12.6. The lowest BCUT2D eigenvalue weighted by Crippen LogP contribution is -2.16. The van der Waals surface area contributed by atoms with Gasteiger partial charge in [0, 0.05) is 17.7 Å². The Morgan fingerprint density at radius 2 is 2.17 bits per heavy atom. The molecule has 0 aliphatic rings. The van der Waals surface area contributed by atoms with Crippen molar-refractivity contribution in [2.24, 2.45) is 7.05 Å². The SMILES string of the molecule is Cn1cc(N)cc1C(=O)Nc1cc(Br)ccc1F. The first-order valence-electron chi connectivity index (χ1n) is 5.15. The molecule has 1 heterocycles. The molecule has 0 atom stereocenters. The molecule has 18 heavy (non-hydrogen) atoms. The van der Waals surface area contributed by atoms with Gasteiger partial charge in [0.2, 0.25) is 0 Å². The van der Waals surface area contributed by atoms with Crippen molar-refractivity contribution in [3.63, 3.8) is 0 Å². The van der Waals surface area contributed by atoms with Crippen LogP contribution in [0.1, 0.15) is 10.5 Å². The van der Waals surface area contributed by atoms with E-state index < -0.39 is 11.7 Å². The molecule has 0 saturated carbocycles. The summed E-state index contributed by atoms with van der Waals surface area (Å²) in [4.78, 5) is 11.9. The van der Waals surface area contributed by atoms with Gasteiger partial charge in [-0.25, -0.2) is 4.39 Å². The van der Waals surface area contributed by atoms with Crippen LogP contribution in [0, 0.1) is 5.82 Å². The number of amides is 1. The molecule has 6 heteroatoms. The lowest BCUT2D eigenvalue weighted by atomic mass is 10.3. The van der Waals surface area contributed by atoms with Gasteiger partial charge in [-0.2, -0.15) is 0 Å². The molecule has 0 aliphatic heterocycles. The molecule has 4 nitrogen and oxygen atoms in total. The normalized spacial score (nSPS) is 10.4. The van der Waals surface area contributed by atoms with E-state index in [1.165, 1.54) is 18.2 Å². The fourth-order valence-corrected chi connectivity index (χ4v) is 1.96. The van der Waals surface area contributed by atoms with Crippen LogP contribution < -0.4 is 11.1 Å². The molecule has 1 amide bonds. The van der Waals surface area contributed by atoms with E-state index in [0.29, 0.717) is 15.9 Å². The summed E-state index contributed by atoms with van der Waals surface area (Å²) in [5, 5.41) is 2.50. The van der Waals surface area contributed by atoms with E-state index in [9.17, 15) is 9.18 Å². The number of carbonyl (C=O) groups is 1. The Bertz CT molecular complexity index is 609. The summed E-state index contributed by atoms with van der Waals surface area (Å²) in [5.41, 5.74) is 6.55. The largest absolute Gasteiger partial charge is 0.397 e. The lowest BCUT2D eigenvalue weighted by molar-refractivity contribution is 0.101. The second-order valence-corrected chi connectivity index (χ2v) is 4.76. The molecule has 2 rings (SSSR count). The Morgan fingerprint density at radius 1 is 1.44 bits per heavy atom. The van der Waals surface area contributed by atoms with Crippen LogP contribution in [0.3, 0.4) is 0 Å². The van der Waals surface area contributed by atoms with Crippen LogP contribution in [0.4, 0.5) is 15.8 Å². The van der Waals surface area contributed by atoms with E-state index in [1.54, 1.807) is 23.9 Å². The van der Waals surface area contributed by atoms with Gasteiger partial charge in [0.05, 0.1) is 11.4 Å². The molecule has 94 valence electrons. The molecule has 0 fully saturated rings. The summed E-state index contributed by atoms with van der Waals surface area (Å²) in [7, 11) is 1.70. The minimum atomic E-state index is -0.492. The molecule has 0 aliphatic carbocycles. The maximum Gasteiger partial charge on any atom is 0.272 e. The van der Waals surface area contributed by atoms with E-state index in [-0.39, 0.29) is 5.69 Å². The van der Waals surface area contributed by atoms with Gasteiger partial charge in [0.1, 0.15) is 11.5 Å². The molecule has 0 spiro atoms. The molecule has 2 aromatic rings. The lowest BCUT2D eigenvalue weighted by Gasteiger charge is -2.07. The molecule has 0 saturated heterocycles. The summed E-state index contributed by atoms with van der Waals surface area (Å²) in [6.07, 6.45) is 1.62. The molecular weight excluding hydrogens is 301 g/mol. The predicted octanol–water partition coefficient (Wildman–Crippen LogP) is 2.76. The number of nitrogen functional groups attached to an aromatic ring is 1. The van der Waals surface area contributed by atoms with Crippen molar-refractivity contribution in [1.29, 1.82) is 0 Å². The van der Waals surface area contributed by atoms with E-state index in [4.69, 9.17) is 5.73 Å². The van der Waals surface area contributed by atoms with Crippen LogP contribution in [0.15, 0.2) is 34.9 Å². The van der Waals surface area contributed by atoms with E-state index >= 15 is 0 Å². The first-order valence-corrected chi connectivity index (χ1v) is 5.95. The smallest absolute Gasteiger partial charge is 0.272 e. The number of halogens is 2. The highest BCUT2D eigenvalue weighted by atomic mass is 79.9. The fourth-order valence-electron chi connectivity index (χ4n) is 1.60. The van der Waals surface area contributed by atoms with Gasteiger partial charge in [-0.15, -0.1) is 0 Å². The zero-order valence-electron chi connectivity index (χ0n) is 9.58. The average Bonchev–Trinajstić information content (AvgIpc) is 2.63. The topological polar surface area (TPSA) is 60.0 Å². The quantitative estimate of drug-likeness (QED) is 0.896. The molecule has 1 aromatic heterocycles.